The molecule has 0 heterocycles. The zero-order valence-corrected chi connectivity index (χ0v) is 12.9. The third-order valence-corrected chi connectivity index (χ3v) is 5.25. The van der Waals surface area contributed by atoms with Gasteiger partial charge in [0.2, 0.25) is 0 Å². The highest BCUT2D eigenvalue weighted by Crippen LogP contribution is 2.23. The van der Waals surface area contributed by atoms with Crippen molar-refractivity contribution < 1.29 is 25.9 Å². The van der Waals surface area contributed by atoms with Gasteiger partial charge in [-0.2, -0.15) is 16.8 Å². The van der Waals surface area contributed by atoms with E-state index in [1.807, 2.05) is 0 Å². The van der Waals surface area contributed by atoms with Crippen LogP contribution in [0.25, 0.3) is 6.08 Å². The minimum atomic E-state index is -4.38. The SMILES string of the molecule is O=S(=O)(O)c1ccccc1C=CC1C=CC=CC1S(=O)(=O)O. The van der Waals surface area contributed by atoms with Gasteiger partial charge in [-0.15, -0.1) is 0 Å². The van der Waals surface area contributed by atoms with Crippen LogP contribution >= 0.6 is 0 Å². The highest BCUT2D eigenvalue weighted by atomic mass is 32.2. The molecule has 0 spiro atoms. The number of hydrogen-bond donors (Lipinski definition) is 2. The lowest BCUT2D eigenvalue weighted by atomic mass is 9.99. The molecule has 8 heteroatoms. The Balaban J connectivity index is 2.37. The first kappa shape index (κ1) is 16.6. The Morgan fingerprint density at radius 3 is 2.23 bits per heavy atom. The summed E-state index contributed by atoms with van der Waals surface area (Å²) in [5.74, 6) is -0.644. The molecule has 22 heavy (non-hydrogen) atoms. The second-order valence-electron chi connectivity index (χ2n) is 4.70. The maximum atomic E-state index is 11.3. The molecule has 2 N–H and O–H groups in total. The second-order valence-corrected chi connectivity index (χ2v) is 7.66. The number of hydrogen-bond acceptors (Lipinski definition) is 4. The molecule has 0 radical (unpaired) electrons. The van der Waals surface area contributed by atoms with Gasteiger partial charge >= 0.3 is 0 Å². The highest BCUT2D eigenvalue weighted by Gasteiger charge is 2.27. The van der Waals surface area contributed by atoms with Crippen molar-refractivity contribution in [3.05, 3.63) is 60.2 Å². The molecule has 1 aliphatic carbocycles. The fourth-order valence-electron chi connectivity index (χ4n) is 2.14. The molecule has 118 valence electrons. The monoisotopic (exact) mass is 342 g/mol. The lowest BCUT2D eigenvalue weighted by Gasteiger charge is -2.18. The zero-order chi connectivity index (χ0) is 16.4. The standard InChI is InChI=1S/C14H14O6S2/c15-21(16,17)13-7-3-1-5-11(13)9-10-12-6-2-4-8-14(12)22(18,19)20/h1-11,13H,(H,15,16,17)(H,18,19,20). The van der Waals surface area contributed by atoms with Gasteiger partial charge in [-0.05, 0) is 11.6 Å². The Hall–Kier alpha value is -1.74. The molecule has 6 nitrogen and oxygen atoms in total. The van der Waals surface area contributed by atoms with E-state index in [2.05, 4.69) is 0 Å². The molecular weight excluding hydrogens is 328 g/mol. The van der Waals surface area contributed by atoms with Crippen molar-refractivity contribution in [2.24, 2.45) is 5.92 Å². The van der Waals surface area contributed by atoms with Crippen LogP contribution in [0.5, 0.6) is 0 Å². The van der Waals surface area contributed by atoms with Crippen LogP contribution in [-0.4, -0.2) is 31.2 Å². The Bertz CT molecular complexity index is 847. The van der Waals surface area contributed by atoms with Crippen LogP contribution in [-0.2, 0) is 20.2 Å². The summed E-state index contributed by atoms with van der Waals surface area (Å²) in [7, 11) is -8.65. The largest absolute Gasteiger partial charge is 0.295 e. The Morgan fingerprint density at radius 2 is 1.59 bits per heavy atom. The second kappa shape index (κ2) is 6.17. The molecule has 2 atom stereocenters. The fourth-order valence-corrected chi connectivity index (χ4v) is 3.70. The first-order valence-corrected chi connectivity index (χ1v) is 9.20. The van der Waals surface area contributed by atoms with Gasteiger partial charge in [0.05, 0.1) is 0 Å². The van der Waals surface area contributed by atoms with E-state index in [-0.39, 0.29) is 10.5 Å². The number of rotatable bonds is 4. The number of benzene rings is 1. The Labute approximate surface area is 129 Å². The fraction of sp³-hybridized carbons (Fsp3) is 0.143. The molecular formula is C14H14O6S2. The van der Waals surface area contributed by atoms with Crippen molar-refractivity contribution >= 4 is 26.3 Å². The molecule has 1 aromatic carbocycles. The van der Waals surface area contributed by atoms with Crippen molar-refractivity contribution in [2.75, 3.05) is 0 Å². The van der Waals surface area contributed by atoms with Crippen LogP contribution in [0.4, 0.5) is 0 Å². The molecule has 0 amide bonds. The van der Waals surface area contributed by atoms with Crippen molar-refractivity contribution in [1.29, 1.82) is 0 Å². The van der Waals surface area contributed by atoms with Crippen LogP contribution in [0.2, 0.25) is 0 Å². The Morgan fingerprint density at radius 1 is 0.955 bits per heavy atom. The van der Waals surface area contributed by atoms with Crippen LogP contribution in [0, 0.1) is 5.92 Å². The van der Waals surface area contributed by atoms with Crippen LogP contribution < -0.4 is 0 Å². The van der Waals surface area contributed by atoms with Gasteiger partial charge in [0.25, 0.3) is 20.2 Å². The van der Waals surface area contributed by atoms with Gasteiger partial charge < -0.3 is 0 Å². The smallest absolute Gasteiger partial charge is 0.285 e. The van der Waals surface area contributed by atoms with Gasteiger partial charge in [0, 0.05) is 5.92 Å². The lowest BCUT2D eigenvalue weighted by Crippen LogP contribution is -2.26. The number of allylic oxidation sites excluding steroid dienone is 4. The predicted octanol–water partition coefficient (Wildman–Crippen LogP) is 1.95. The lowest BCUT2D eigenvalue weighted by molar-refractivity contribution is 0.468. The van der Waals surface area contributed by atoms with E-state index in [4.69, 9.17) is 4.55 Å². The Kier molecular flexibility index (Phi) is 4.66. The maximum absolute atomic E-state index is 11.3. The summed E-state index contributed by atoms with van der Waals surface area (Å²) in [5, 5.41) is -1.13. The summed E-state index contributed by atoms with van der Waals surface area (Å²) in [6, 6.07) is 5.77. The summed E-state index contributed by atoms with van der Waals surface area (Å²) in [5.41, 5.74) is 0.224. The van der Waals surface area contributed by atoms with Crippen LogP contribution in [0.1, 0.15) is 5.56 Å². The topological polar surface area (TPSA) is 109 Å². The summed E-state index contributed by atoms with van der Waals surface area (Å²) in [6.07, 6.45) is 8.92. The van der Waals surface area contributed by atoms with Gasteiger partial charge in [-0.25, -0.2) is 0 Å². The van der Waals surface area contributed by atoms with E-state index in [9.17, 15) is 21.4 Å². The molecule has 0 aromatic heterocycles. The molecule has 1 aromatic rings. The van der Waals surface area contributed by atoms with E-state index in [1.54, 1.807) is 18.2 Å². The van der Waals surface area contributed by atoms with Crippen molar-refractivity contribution in [2.45, 2.75) is 10.1 Å². The summed E-state index contributed by atoms with van der Waals surface area (Å²) >= 11 is 0. The summed E-state index contributed by atoms with van der Waals surface area (Å²) in [4.78, 5) is -0.273. The van der Waals surface area contributed by atoms with Gasteiger partial charge in [0.1, 0.15) is 10.1 Å². The first-order chi connectivity index (χ1) is 10.2. The first-order valence-electron chi connectivity index (χ1n) is 6.25. The van der Waals surface area contributed by atoms with Crippen molar-refractivity contribution in [3.63, 3.8) is 0 Å². The molecule has 2 rings (SSSR count). The van der Waals surface area contributed by atoms with Gasteiger partial charge in [-0.1, -0.05) is 54.7 Å². The average molecular weight is 342 g/mol. The van der Waals surface area contributed by atoms with Crippen molar-refractivity contribution in [1.82, 2.24) is 0 Å². The van der Waals surface area contributed by atoms with Crippen LogP contribution in [0.15, 0.2) is 59.5 Å². The van der Waals surface area contributed by atoms with E-state index in [0.717, 1.165) is 0 Å². The molecule has 0 saturated heterocycles. The van der Waals surface area contributed by atoms with E-state index in [0.29, 0.717) is 0 Å². The normalized spacial score (nSPS) is 22.3. The van der Waals surface area contributed by atoms with Gasteiger partial charge in [0.15, 0.2) is 0 Å². The van der Waals surface area contributed by atoms with E-state index >= 15 is 0 Å². The van der Waals surface area contributed by atoms with Gasteiger partial charge in [-0.3, -0.25) is 9.11 Å². The minimum Gasteiger partial charge on any atom is -0.285 e. The molecule has 0 fully saturated rings. The highest BCUT2D eigenvalue weighted by molar-refractivity contribution is 7.86. The minimum absolute atomic E-state index is 0.224. The molecule has 1 aliphatic rings. The third-order valence-electron chi connectivity index (χ3n) is 3.16. The molecule has 2 unspecified atom stereocenters. The predicted molar refractivity (Wildman–Crippen MR) is 82.4 cm³/mol. The zero-order valence-electron chi connectivity index (χ0n) is 11.3. The summed E-state index contributed by atoms with van der Waals surface area (Å²) < 4.78 is 63.6. The third kappa shape index (κ3) is 3.92. The van der Waals surface area contributed by atoms with E-state index < -0.39 is 31.4 Å². The quantitative estimate of drug-likeness (QED) is 0.810. The maximum Gasteiger partial charge on any atom is 0.295 e. The van der Waals surface area contributed by atoms with Crippen molar-refractivity contribution in [3.8, 4) is 0 Å². The average Bonchev–Trinajstić information content (AvgIpc) is 2.44. The van der Waals surface area contributed by atoms with Crippen LogP contribution in [0.3, 0.4) is 0 Å². The summed E-state index contributed by atoms with van der Waals surface area (Å²) in [6.45, 7) is 0. The molecule has 0 saturated carbocycles. The van der Waals surface area contributed by atoms with E-state index in [1.165, 1.54) is 42.5 Å². The molecule has 0 aliphatic heterocycles. The molecule has 0 bridgehead atoms.